The number of rotatable bonds is 8. The lowest BCUT2D eigenvalue weighted by Gasteiger charge is -2.20. The van der Waals surface area contributed by atoms with Gasteiger partial charge in [-0.1, -0.05) is 18.2 Å². The number of anilines is 4. The van der Waals surface area contributed by atoms with Gasteiger partial charge in [-0.25, -0.2) is 18.4 Å². The van der Waals surface area contributed by atoms with Crippen molar-refractivity contribution in [2.45, 2.75) is 25.7 Å². The van der Waals surface area contributed by atoms with E-state index >= 15 is 0 Å². The molecule has 0 saturated heterocycles. The van der Waals surface area contributed by atoms with Crippen molar-refractivity contribution in [1.82, 2.24) is 9.97 Å². The maximum absolute atomic E-state index is 12.4. The molecule has 7 nitrogen and oxygen atoms in total. The van der Waals surface area contributed by atoms with Gasteiger partial charge >= 0.3 is 0 Å². The number of sulfonamides is 1. The largest absolute Gasteiger partial charge is 0.357 e. The Morgan fingerprint density at radius 3 is 2.14 bits per heavy atom. The van der Waals surface area contributed by atoms with E-state index in [1.807, 2.05) is 13.0 Å². The Kier molecular flexibility index (Phi) is 6.33. The van der Waals surface area contributed by atoms with E-state index in [9.17, 15) is 8.42 Å². The van der Waals surface area contributed by atoms with Gasteiger partial charge in [-0.2, -0.15) is 0 Å². The van der Waals surface area contributed by atoms with Crippen LogP contribution in [0.25, 0.3) is 0 Å². The lowest BCUT2D eigenvalue weighted by Crippen LogP contribution is -2.23. The second-order valence-electron chi connectivity index (χ2n) is 6.45. The van der Waals surface area contributed by atoms with Gasteiger partial charge in [-0.05, 0) is 57.2 Å². The van der Waals surface area contributed by atoms with Gasteiger partial charge in [0.25, 0.3) is 10.0 Å². The van der Waals surface area contributed by atoms with Crippen LogP contribution in [0.5, 0.6) is 0 Å². The lowest BCUT2D eigenvalue weighted by molar-refractivity contribution is 0.601. The van der Waals surface area contributed by atoms with E-state index in [1.165, 1.54) is 0 Å². The monoisotopic (exact) mass is 411 g/mol. The molecule has 1 aromatic heterocycles. The molecule has 0 bridgehead atoms. The van der Waals surface area contributed by atoms with Crippen molar-refractivity contribution in [2.24, 2.45) is 0 Å². The third-order valence-corrected chi connectivity index (χ3v) is 5.77. The number of hydrogen-bond donors (Lipinski definition) is 2. The van der Waals surface area contributed by atoms with Crippen molar-refractivity contribution < 1.29 is 8.42 Å². The number of aromatic nitrogens is 2. The zero-order valence-corrected chi connectivity index (χ0v) is 17.6. The van der Waals surface area contributed by atoms with E-state index in [-0.39, 0.29) is 4.90 Å². The van der Waals surface area contributed by atoms with E-state index in [2.05, 4.69) is 38.8 Å². The SMILES string of the molecule is CCN(CC)c1cc(Nc2ccc(NS(=O)(=O)c3ccccc3)cc2)nc(C)n1. The summed E-state index contributed by atoms with van der Waals surface area (Å²) in [5, 5.41) is 3.25. The summed E-state index contributed by atoms with van der Waals surface area (Å²) in [5.74, 6) is 2.25. The summed E-state index contributed by atoms with van der Waals surface area (Å²) >= 11 is 0. The molecule has 29 heavy (non-hydrogen) atoms. The van der Waals surface area contributed by atoms with E-state index in [4.69, 9.17) is 0 Å². The molecule has 152 valence electrons. The fraction of sp³-hybridized carbons (Fsp3) is 0.238. The Morgan fingerprint density at radius 1 is 0.897 bits per heavy atom. The second-order valence-corrected chi connectivity index (χ2v) is 8.13. The normalized spacial score (nSPS) is 11.1. The molecule has 0 aliphatic carbocycles. The molecule has 0 radical (unpaired) electrons. The van der Waals surface area contributed by atoms with Crippen LogP contribution < -0.4 is 14.9 Å². The average Bonchev–Trinajstić information content (AvgIpc) is 2.70. The van der Waals surface area contributed by atoms with Crippen molar-refractivity contribution in [3.63, 3.8) is 0 Å². The number of aryl methyl sites for hydroxylation is 1. The Bertz CT molecular complexity index is 1050. The van der Waals surface area contributed by atoms with Crippen LogP contribution in [0.3, 0.4) is 0 Å². The Balaban J connectivity index is 1.74. The van der Waals surface area contributed by atoms with Crippen molar-refractivity contribution in [1.29, 1.82) is 0 Å². The molecule has 8 heteroatoms. The summed E-state index contributed by atoms with van der Waals surface area (Å²) < 4.78 is 27.4. The summed E-state index contributed by atoms with van der Waals surface area (Å²) in [5.41, 5.74) is 1.29. The summed E-state index contributed by atoms with van der Waals surface area (Å²) in [7, 11) is -3.61. The number of nitrogens with zero attached hydrogens (tertiary/aromatic N) is 3. The smallest absolute Gasteiger partial charge is 0.261 e. The zero-order valence-electron chi connectivity index (χ0n) is 16.8. The van der Waals surface area contributed by atoms with Crippen LogP contribution >= 0.6 is 0 Å². The molecule has 0 saturated carbocycles. The highest BCUT2D eigenvalue weighted by Crippen LogP contribution is 2.22. The molecule has 1 heterocycles. The van der Waals surface area contributed by atoms with Gasteiger partial charge in [0.15, 0.2) is 0 Å². The molecule has 0 amide bonds. The van der Waals surface area contributed by atoms with Crippen LogP contribution in [-0.4, -0.2) is 31.5 Å². The summed E-state index contributed by atoms with van der Waals surface area (Å²) in [6.45, 7) is 7.76. The van der Waals surface area contributed by atoms with E-state index in [1.54, 1.807) is 54.6 Å². The molecule has 0 spiro atoms. The van der Waals surface area contributed by atoms with Crippen LogP contribution in [-0.2, 0) is 10.0 Å². The number of nitrogens with one attached hydrogen (secondary N) is 2. The second kappa shape index (κ2) is 8.91. The minimum absolute atomic E-state index is 0.225. The summed E-state index contributed by atoms with van der Waals surface area (Å²) in [6.07, 6.45) is 0. The van der Waals surface area contributed by atoms with Crippen LogP contribution in [0, 0.1) is 6.92 Å². The highest BCUT2D eigenvalue weighted by Gasteiger charge is 2.13. The van der Waals surface area contributed by atoms with Crippen molar-refractivity contribution in [3.8, 4) is 0 Å². The van der Waals surface area contributed by atoms with Gasteiger partial charge in [-0.3, -0.25) is 4.72 Å². The van der Waals surface area contributed by atoms with Gasteiger partial charge < -0.3 is 10.2 Å². The molecule has 0 fully saturated rings. The molecule has 3 rings (SSSR count). The first-order chi connectivity index (χ1) is 13.9. The van der Waals surface area contributed by atoms with Gasteiger partial charge in [0.2, 0.25) is 0 Å². The van der Waals surface area contributed by atoms with Crippen molar-refractivity contribution >= 4 is 33.0 Å². The fourth-order valence-corrected chi connectivity index (χ4v) is 3.99. The minimum Gasteiger partial charge on any atom is -0.357 e. The van der Waals surface area contributed by atoms with E-state index in [0.29, 0.717) is 17.3 Å². The van der Waals surface area contributed by atoms with E-state index < -0.39 is 10.0 Å². The highest BCUT2D eigenvalue weighted by molar-refractivity contribution is 7.92. The minimum atomic E-state index is -3.61. The molecule has 2 N–H and O–H groups in total. The maximum Gasteiger partial charge on any atom is 0.261 e. The van der Waals surface area contributed by atoms with Crippen LogP contribution in [0.15, 0.2) is 65.6 Å². The Morgan fingerprint density at radius 2 is 1.52 bits per heavy atom. The van der Waals surface area contributed by atoms with Gasteiger partial charge in [0.1, 0.15) is 17.5 Å². The zero-order chi connectivity index (χ0) is 20.9. The molecule has 2 aromatic carbocycles. The van der Waals surface area contributed by atoms with Crippen molar-refractivity contribution in [2.75, 3.05) is 28.0 Å². The Hall–Kier alpha value is -3.13. The lowest BCUT2D eigenvalue weighted by atomic mass is 10.3. The first-order valence-electron chi connectivity index (χ1n) is 9.47. The quantitative estimate of drug-likeness (QED) is 0.578. The predicted octanol–water partition coefficient (Wildman–Crippen LogP) is 4.18. The summed E-state index contributed by atoms with van der Waals surface area (Å²) in [4.78, 5) is 11.3. The third-order valence-electron chi connectivity index (χ3n) is 4.37. The average molecular weight is 412 g/mol. The van der Waals surface area contributed by atoms with Crippen LogP contribution in [0.1, 0.15) is 19.7 Å². The third kappa shape index (κ3) is 5.23. The van der Waals surface area contributed by atoms with Gasteiger partial charge in [0.05, 0.1) is 4.90 Å². The van der Waals surface area contributed by atoms with Gasteiger partial charge in [-0.15, -0.1) is 0 Å². The van der Waals surface area contributed by atoms with Crippen LogP contribution in [0.4, 0.5) is 23.0 Å². The molecule has 3 aromatic rings. The number of benzene rings is 2. The molecular weight excluding hydrogens is 386 g/mol. The first kappa shape index (κ1) is 20.6. The maximum atomic E-state index is 12.4. The highest BCUT2D eigenvalue weighted by atomic mass is 32.2. The predicted molar refractivity (Wildman–Crippen MR) is 117 cm³/mol. The molecule has 0 unspecified atom stereocenters. The van der Waals surface area contributed by atoms with Crippen molar-refractivity contribution in [3.05, 3.63) is 66.5 Å². The number of hydrogen-bond acceptors (Lipinski definition) is 6. The molecule has 0 aliphatic heterocycles. The summed E-state index contributed by atoms with van der Waals surface area (Å²) in [6, 6.07) is 17.2. The fourth-order valence-electron chi connectivity index (χ4n) is 2.91. The first-order valence-corrected chi connectivity index (χ1v) is 10.9. The Labute approximate surface area is 171 Å². The van der Waals surface area contributed by atoms with Crippen LogP contribution in [0.2, 0.25) is 0 Å². The standard InChI is InChI=1S/C21H25N5O2S/c1-4-26(5-2)21-15-20(22-16(3)23-21)24-17-11-13-18(14-12-17)25-29(27,28)19-9-7-6-8-10-19/h6-15,25H,4-5H2,1-3H3,(H,22,23,24). The van der Waals surface area contributed by atoms with E-state index in [0.717, 1.165) is 24.6 Å². The van der Waals surface area contributed by atoms with Gasteiger partial charge in [0, 0.05) is 30.5 Å². The topological polar surface area (TPSA) is 87.2 Å². The molecular formula is C21H25N5O2S. The molecule has 0 atom stereocenters. The molecule has 0 aliphatic rings.